The zero-order valence-corrected chi connectivity index (χ0v) is 31.9. The molecule has 2 heterocycles. The van der Waals surface area contributed by atoms with Crippen LogP contribution in [0.1, 0.15) is 108 Å². The number of carbonyl (C=O) groups excluding carboxylic acids is 1. The number of rotatable bonds is 23. The van der Waals surface area contributed by atoms with E-state index in [0.29, 0.717) is 25.0 Å². The van der Waals surface area contributed by atoms with Gasteiger partial charge in [-0.25, -0.2) is 0 Å². The van der Waals surface area contributed by atoms with Gasteiger partial charge in [-0.05, 0) is 114 Å². The molecule has 0 aliphatic rings. The Hall–Kier alpha value is -3.20. The predicted octanol–water partition coefficient (Wildman–Crippen LogP) is 5.26. The molecule has 0 bridgehead atoms. The van der Waals surface area contributed by atoms with Gasteiger partial charge in [0.25, 0.3) is 0 Å². The van der Waals surface area contributed by atoms with Gasteiger partial charge >= 0.3 is 7.40 Å². The van der Waals surface area contributed by atoms with Crippen LogP contribution >= 0.6 is 0 Å². The molecule has 4 atom stereocenters. The molecule has 0 aliphatic carbocycles. The van der Waals surface area contributed by atoms with E-state index in [1.807, 2.05) is 17.8 Å². The minimum Gasteiger partial charge on any atom is -0.396 e. The van der Waals surface area contributed by atoms with Crippen LogP contribution in [0.4, 0.5) is 8.63 Å². The number of hydrogen-bond acceptors (Lipinski definition) is 8. The summed E-state index contributed by atoms with van der Waals surface area (Å²) in [5.41, 5.74) is 7.98. The minimum atomic E-state index is -2.72. The second-order valence-electron chi connectivity index (χ2n) is 13.9. The van der Waals surface area contributed by atoms with Crippen molar-refractivity contribution in [1.82, 2.24) is 24.5 Å². The van der Waals surface area contributed by atoms with Crippen molar-refractivity contribution in [2.24, 2.45) is 17.9 Å². The zero-order valence-electron chi connectivity index (χ0n) is 31.9. The van der Waals surface area contributed by atoms with Crippen LogP contribution in [0.3, 0.4) is 0 Å². The number of hydrogen-bond donors (Lipinski definition) is 4. The second kappa shape index (κ2) is 22.0. The normalized spacial score (nSPS) is 15.4. The highest BCUT2D eigenvalue weighted by Crippen LogP contribution is 2.32. The highest BCUT2D eigenvalue weighted by Gasteiger charge is 2.31. The van der Waals surface area contributed by atoms with E-state index < -0.39 is 38.2 Å². The molecule has 0 radical (unpaired) electrons. The predicted molar refractivity (Wildman–Crippen MR) is 200 cm³/mol. The van der Waals surface area contributed by atoms with Gasteiger partial charge in [0, 0.05) is 62.8 Å². The lowest BCUT2D eigenvalue weighted by atomic mass is 9.93. The van der Waals surface area contributed by atoms with Gasteiger partial charge in [-0.1, -0.05) is 25.0 Å². The number of allylic oxidation sites excluding steroid dienone is 4. The van der Waals surface area contributed by atoms with Crippen LogP contribution in [0, 0.1) is 19.8 Å². The van der Waals surface area contributed by atoms with Crippen molar-refractivity contribution in [3.63, 3.8) is 0 Å². The number of aromatic nitrogens is 4. The quantitative estimate of drug-likeness (QED) is 0.0530. The largest absolute Gasteiger partial charge is 0.692 e. The van der Waals surface area contributed by atoms with E-state index in [4.69, 9.17) is 0 Å². The number of carbonyl (C=O) groups is 1. The van der Waals surface area contributed by atoms with Crippen LogP contribution in [0.2, 0.25) is 0 Å². The summed E-state index contributed by atoms with van der Waals surface area (Å²) in [5.74, 6) is -0.889. The molecule has 0 aromatic carbocycles. The van der Waals surface area contributed by atoms with Gasteiger partial charge in [0.05, 0.1) is 24.5 Å². The molecule has 4 N–H and O–H groups in total. The third-order valence-corrected chi connectivity index (χ3v) is 9.76. The summed E-state index contributed by atoms with van der Waals surface area (Å²) in [4.78, 5) is 17.5. The van der Waals surface area contributed by atoms with Gasteiger partial charge < -0.3 is 29.9 Å². The standard InChI is InChI=1S/C37H61BF2N6O5/c1-9-33(48)37(51)36(50)30(24-47)22-44(7)34(49)18-14-13-16-31-23-46(43-42-31)19-15-11-10-12-17-32(35-26(3)21-28(5)45(35)8)29(6)25(2)20-27(4)41-38(39)40/h20-21,23,30,33,36-37,47-48,50-51H,9-19,22,24H2,1-8H3/b25-20-,32-29+,41-27?/t30?,33-,36-,37?/m1/s1. The summed E-state index contributed by atoms with van der Waals surface area (Å²) in [6.45, 7) is 11.9. The number of unbranched alkanes of at least 4 members (excludes halogenated alkanes) is 4. The smallest absolute Gasteiger partial charge is 0.396 e. The highest BCUT2D eigenvalue weighted by atomic mass is 19.2. The second-order valence-corrected chi connectivity index (χ2v) is 13.9. The van der Waals surface area contributed by atoms with Crippen LogP contribution in [0.5, 0.6) is 0 Å². The van der Waals surface area contributed by atoms with Gasteiger partial charge in [0.2, 0.25) is 5.91 Å². The van der Waals surface area contributed by atoms with E-state index in [-0.39, 0.29) is 18.9 Å². The van der Waals surface area contributed by atoms with E-state index in [1.54, 1.807) is 27.0 Å². The SMILES string of the molecule is CC[C@@H](O)C(O)[C@H](O)C(CO)CN(C)C(=O)CCCCc1cn(CCCCCC/C(=C(C)\C(C)=C/C(C)=NB(F)F)c2c(C)cc(C)n2C)nn1. The summed E-state index contributed by atoms with van der Waals surface area (Å²) in [5, 5.41) is 48.5. The fourth-order valence-electron chi connectivity index (χ4n) is 6.43. The summed E-state index contributed by atoms with van der Waals surface area (Å²) in [6, 6.07) is 2.18. The van der Waals surface area contributed by atoms with E-state index in [1.165, 1.54) is 27.4 Å². The fraction of sp³-hybridized carbons (Fsp3) is 0.676. The molecule has 0 fully saturated rings. The Bertz CT molecular complexity index is 1470. The molecule has 14 heteroatoms. The van der Waals surface area contributed by atoms with E-state index in [0.717, 1.165) is 61.9 Å². The molecule has 11 nitrogen and oxygen atoms in total. The van der Waals surface area contributed by atoms with Crippen molar-refractivity contribution in [3.05, 3.63) is 52.1 Å². The molecule has 2 rings (SSSR count). The maximum Gasteiger partial charge on any atom is 0.692 e. The Morgan fingerprint density at radius 3 is 2.31 bits per heavy atom. The molecule has 286 valence electrons. The molecular formula is C37H61BF2N6O5. The van der Waals surface area contributed by atoms with Crippen LogP contribution in [0.15, 0.2) is 34.4 Å². The van der Waals surface area contributed by atoms with Crippen molar-refractivity contribution >= 4 is 24.6 Å². The first kappa shape index (κ1) is 44.0. The minimum absolute atomic E-state index is 0.0696. The molecule has 2 aromatic rings. The average molecular weight is 719 g/mol. The highest BCUT2D eigenvalue weighted by molar-refractivity contribution is 6.43. The van der Waals surface area contributed by atoms with E-state index >= 15 is 0 Å². The van der Waals surface area contributed by atoms with Crippen molar-refractivity contribution in [2.45, 2.75) is 131 Å². The summed E-state index contributed by atoms with van der Waals surface area (Å²) >= 11 is 0. The molecular weight excluding hydrogens is 657 g/mol. The van der Waals surface area contributed by atoms with Gasteiger partial charge in [0.1, 0.15) is 6.10 Å². The zero-order chi connectivity index (χ0) is 38.2. The lowest BCUT2D eigenvalue weighted by molar-refractivity contribution is -0.133. The number of aryl methyl sites for hydroxylation is 4. The molecule has 2 aromatic heterocycles. The Balaban J connectivity index is 1.82. The first-order valence-electron chi connectivity index (χ1n) is 18.2. The molecule has 0 spiro atoms. The lowest BCUT2D eigenvalue weighted by Crippen LogP contribution is -2.47. The molecule has 51 heavy (non-hydrogen) atoms. The maximum atomic E-state index is 12.8. The fourth-order valence-corrected chi connectivity index (χ4v) is 6.43. The number of aliphatic hydroxyl groups excluding tert-OH is 4. The Kier molecular flexibility index (Phi) is 19.0. The van der Waals surface area contributed by atoms with Crippen molar-refractivity contribution in [1.29, 1.82) is 0 Å². The van der Waals surface area contributed by atoms with Gasteiger partial charge in [-0.3, -0.25) is 23.0 Å². The van der Waals surface area contributed by atoms with Gasteiger partial charge in [0.15, 0.2) is 0 Å². The Morgan fingerprint density at radius 1 is 1.04 bits per heavy atom. The average Bonchev–Trinajstić information content (AvgIpc) is 3.64. The van der Waals surface area contributed by atoms with Crippen LogP contribution in [-0.4, -0.2) is 102 Å². The molecule has 0 aliphatic heterocycles. The van der Waals surface area contributed by atoms with Gasteiger partial charge in [-0.2, -0.15) is 0 Å². The third kappa shape index (κ3) is 14.0. The monoisotopic (exact) mass is 718 g/mol. The number of amides is 1. The summed E-state index contributed by atoms with van der Waals surface area (Å²) in [6.07, 6.45) is 7.43. The molecule has 1 amide bonds. The van der Waals surface area contributed by atoms with Crippen molar-refractivity contribution < 1.29 is 33.9 Å². The topological polar surface area (TPSA) is 149 Å². The van der Waals surface area contributed by atoms with Crippen LogP contribution in [0.25, 0.3) is 5.57 Å². The van der Waals surface area contributed by atoms with Crippen molar-refractivity contribution in [2.75, 3.05) is 20.2 Å². The molecule has 0 saturated carbocycles. The van der Waals surface area contributed by atoms with E-state index in [9.17, 15) is 33.9 Å². The van der Waals surface area contributed by atoms with E-state index in [2.05, 4.69) is 53.7 Å². The molecule has 0 saturated heterocycles. The molecule has 2 unspecified atom stereocenters. The Labute approximate surface area is 303 Å². The number of nitrogens with zero attached hydrogens (tertiary/aromatic N) is 6. The number of aliphatic hydroxyl groups is 4. The first-order chi connectivity index (χ1) is 24.1. The number of halogens is 2. The van der Waals surface area contributed by atoms with Crippen LogP contribution < -0.4 is 0 Å². The lowest BCUT2D eigenvalue weighted by Gasteiger charge is -2.31. The maximum absolute atomic E-state index is 12.8. The van der Waals surface area contributed by atoms with Crippen LogP contribution in [-0.2, 0) is 24.8 Å². The summed E-state index contributed by atoms with van der Waals surface area (Å²) in [7, 11) is 0.948. The third-order valence-electron chi connectivity index (χ3n) is 9.76. The Morgan fingerprint density at radius 2 is 1.71 bits per heavy atom. The van der Waals surface area contributed by atoms with Gasteiger partial charge in [-0.15, -0.1) is 5.10 Å². The summed E-state index contributed by atoms with van der Waals surface area (Å²) < 4.78 is 29.6. The van der Waals surface area contributed by atoms with Crippen molar-refractivity contribution in [3.8, 4) is 0 Å². The first-order valence-corrected chi connectivity index (χ1v) is 18.2.